The van der Waals surface area contributed by atoms with Crippen molar-refractivity contribution in [2.75, 3.05) is 72.1 Å². The molecule has 3 fully saturated rings. The Kier molecular flexibility index (Phi) is 16.6. The van der Waals surface area contributed by atoms with Crippen LogP contribution in [0.2, 0.25) is 0 Å². The average molecular weight is 775 g/mol. The van der Waals surface area contributed by atoms with Crippen molar-refractivity contribution in [1.29, 1.82) is 0 Å². The maximum atomic E-state index is 12.6. The number of imide groups is 1. The number of hydrogen-bond acceptors (Lipinski definition) is 15. The Morgan fingerprint density at radius 2 is 1.16 bits per heavy atom. The van der Waals surface area contributed by atoms with Crippen molar-refractivity contribution in [3.63, 3.8) is 0 Å². The van der Waals surface area contributed by atoms with E-state index in [1.807, 2.05) is 32.9 Å². The number of carbonyl (C=O) groups is 4. The molecule has 55 heavy (non-hydrogen) atoms. The molecule has 1 unspecified atom stereocenters. The number of hydrogen-bond donors (Lipinski definition) is 0. The van der Waals surface area contributed by atoms with Crippen LogP contribution < -0.4 is 0 Å². The third kappa shape index (κ3) is 13.4. The first-order chi connectivity index (χ1) is 26.5. The van der Waals surface area contributed by atoms with E-state index < -0.39 is 18.2 Å². The molecule has 0 radical (unpaired) electrons. The molecule has 0 spiro atoms. The Hall–Kier alpha value is -3.32. The van der Waals surface area contributed by atoms with Crippen LogP contribution in [0.1, 0.15) is 58.6 Å². The SMILES string of the molecule is CCOC(=O)CN(CCN(CCN(CC1OC(C)O1)CC1OC(C)O1)C(CCCc1ccc(CCN2C(=O)C=CC2=O)cc1)C1OC(C)O1)CC(=O)OCC. The summed E-state index contributed by atoms with van der Waals surface area (Å²) in [4.78, 5) is 56.5. The van der Waals surface area contributed by atoms with E-state index in [2.05, 4.69) is 21.9 Å². The first-order valence-corrected chi connectivity index (χ1v) is 19.5. The fourth-order valence-corrected chi connectivity index (χ4v) is 7.04. The summed E-state index contributed by atoms with van der Waals surface area (Å²) in [7, 11) is 0. The molecule has 1 atom stereocenters. The van der Waals surface area contributed by atoms with Crippen LogP contribution in [0.15, 0.2) is 36.4 Å². The summed E-state index contributed by atoms with van der Waals surface area (Å²) in [6, 6.07) is 8.12. The largest absolute Gasteiger partial charge is 0.465 e. The third-order valence-corrected chi connectivity index (χ3v) is 9.86. The number of rotatable bonds is 25. The lowest BCUT2D eigenvalue weighted by Crippen LogP contribution is -2.58. The van der Waals surface area contributed by atoms with Gasteiger partial charge in [-0.3, -0.25) is 38.8 Å². The highest BCUT2D eigenvalue weighted by Gasteiger charge is 2.39. The van der Waals surface area contributed by atoms with E-state index in [0.717, 1.165) is 24.8 Å². The van der Waals surface area contributed by atoms with E-state index in [4.69, 9.17) is 37.9 Å². The number of amides is 2. The summed E-state index contributed by atoms with van der Waals surface area (Å²) in [5, 5.41) is 0. The molecule has 1 aromatic carbocycles. The van der Waals surface area contributed by atoms with Gasteiger partial charge >= 0.3 is 11.9 Å². The topological polar surface area (TPSA) is 155 Å². The predicted molar refractivity (Wildman–Crippen MR) is 197 cm³/mol. The van der Waals surface area contributed by atoms with Gasteiger partial charge in [-0.25, -0.2) is 0 Å². The Balaban J connectivity index is 1.26. The number of aryl methyl sites for hydroxylation is 1. The maximum Gasteiger partial charge on any atom is 0.320 e. The van der Waals surface area contributed by atoms with E-state index in [1.165, 1.54) is 22.6 Å². The first-order valence-electron chi connectivity index (χ1n) is 19.5. The molecular weight excluding hydrogens is 716 g/mol. The molecule has 0 aromatic heterocycles. The Morgan fingerprint density at radius 3 is 1.64 bits per heavy atom. The van der Waals surface area contributed by atoms with Gasteiger partial charge in [0.2, 0.25) is 0 Å². The van der Waals surface area contributed by atoms with Gasteiger partial charge in [0, 0.05) is 44.9 Å². The second-order valence-corrected chi connectivity index (χ2v) is 14.1. The monoisotopic (exact) mass is 774 g/mol. The molecule has 4 aliphatic rings. The Morgan fingerprint density at radius 1 is 0.691 bits per heavy atom. The Labute approximate surface area is 323 Å². The normalized spacial score (nSPS) is 25.3. The van der Waals surface area contributed by atoms with E-state index in [-0.39, 0.29) is 75.6 Å². The molecule has 3 saturated heterocycles. The van der Waals surface area contributed by atoms with Crippen molar-refractivity contribution in [2.24, 2.45) is 0 Å². The number of carbonyl (C=O) groups excluding carboxylic acids is 4. The van der Waals surface area contributed by atoms with Crippen LogP contribution in [0.3, 0.4) is 0 Å². The van der Waals surface area contributed by atoms with Crippen LogP contribution in [0.4, 0.5) is 0 Å². The number of nitrogens with zero attached hydrogens (tertiary/aromatic N) is 4. The molecule has 5 rings (SSSR count). The fraction of sp³-hybridized carbons (Fsp3) is 0.692. The summed E-state index contributed by atoms with van der Waals surface area (Å²) >= 11 is 0. The summed E-state index contributed by atoms with van der Waals surface area (Å²) in [5.74, 6) is -1.37. The smallest absolute Gasteiger partial charge is 0.320 e. The lowest BCUT2D eigenvalue weighted by Gasteiger charge is -2.45. The minimum atomic E-state index is -0.460. The van der Waals surface area contributed by atoms with Crippen LogP contribution in [0.25, 0.3) is 0 Å². The number of ether oxygens (including phenoxy) is 8. The van der Waals surface area contributed by atoms with Crippen LogP contribution in [-0.4, -0.2) is 159 Å². The first kappa shape index (κ1) is 42.8. The summed E-state index contributed by atoms with van der Waals surface area (Å²) in [5.41, 5.74) is 2.21. The summed E-state index contributed by atoms with van der Waals surface area (Å²) in [6.45, 7) is 13.0. The zero-order chi connectivity index (χ0) is 39.3. The van der Waals surface area contributed by atoms with Crippen molar-refractivity contribution in [3.8, 4) is 0 Å². The molecule has 0 saturated carbocycles. The lowest BCUT2D eigenvalue weighted by atomic mass is 10.0. The molecule has 16 heteroatoms. The summed E-state index contributed by atoms with van der Waals surface area (Å²) < 4.78 is 45.8. The minimum absolute atomic E-state index is 0.0502. The molecule has 16 nitrogen and oxygen atoms in total. The van der Waals surface area contributed by atoms with Crippen LogP contribution in [0, 0.1) is 0 Å². The van der Waals surface area contributed by atoms with Crippen LogP contribution in [-0.2, 0) is 69.9 Å². The zero-order valence-corrected chi connectivity index (χ0v) is 32.8. The zero-order valence-electron chi connectivity index (χ0n) is 32.8. The second-order valence-electron chi connectivity index (χ2n) is 14.1. The van der Waals surface area contributed by atoms with Gasteiger partial charge in [-0.2, -0.15) is 0 Å². The van der Waals surface area contributed by atoms with Crippen molar-refractivity contribution in [3.05, 3.63) is 47.5 Å². The predicted octanol–water partition coefficient (Wildman–Crippen LogP) is 2.03. The van der Waals surface area contributed by atoms with Crippen molar-refractivity contribution >= 4 is 23.8 Å². The molecule has 0 N–H and O–H groups in total. The molecule has 1 aromatic rings. The van der Waals surface area contributed by atoms with Gasteiger partial charge in [-0.1, -0.05) is 24.3 Å². The van der Waals surface area contributed by atoms with Crippen molar-refractivity contribution < 1.29 is 57.1 Å². The summed E-state index contributed by atoms with van der Waals surface area (Å²) in [6.07, 6.45) is 3.61. The maximum absolute atomic E-state index is 12.6. The Bertz CT molecular complexity index is 1370. The molecule has 0 bridgehead atoms. The van der Waals surface area contributed by atoms with Gasteiger partial charge in [-0.05, 0) is 71.4 Å². The van der Waals surface area contributed by atoms with Crippen molar-refractivity contribution in [1.82, 2.24) is 19.6 Å². The molecule has 4 aliphatic heterocycles. The van der Waals surface area contributed by atoms with Crippen LogP contribution in [0.5, 0.6) is 0 Å². The standard InChI is InChI=1S/C39H58N4O12/c1-6-48-35(46)23-40(24-36(47)49-7-2)19-21-42(22-20-41(25-37-50-27(3)51-37)26-38-52-28(4)53-38)32(39-54-29(5)55-39)10-8-9-30-11-13-31(14-12-30)17-18-43-33(44)15-16-34(43)45/h11-16,27-29,32,37-39H,6-10,17-26H2,1-5H3. The van der Waals surface area contributed by atoms with Gasteiger partial charge in [0.15, 0.2) is 37.7 Å². The van der Waals surface area contributed by atoms with Gasteiger partial charge in [0.05, 0.1) is 45.4 Å². The number of benzene rings is 1. The molecule has 2 amide bonds. The average Bonchev–Trinajstić information content (AvgIpc) is 3.43. The number of esters is 2. The van der Waals surface area contributed by atoms with Gasteiger partial charge in [0.25, 0.3) is 11.8 Å². The molecule has 306 valence electrons. The lowest BCUT2D eigenvalue weighted by molar-refractivity contribution is -0.394. The van der Waals surface area contributed by atoms with E-state index in [9.17, 15) is 19.2 Å². The highest BCUT2D eigenvalue weighted by atomic mass is 16.9. The molecule has 4 heterocycles. The minimum Gasteiger partial charge on any atom is -0.465 e. The van der Waals surface area contributed by atoms with Gasteiger partial charge in [0.1, 0.15) is 0 Å². The van der Waals surface area contributed by atoms with E-state index in [1.54, 1.807) is 18.7 Å². The second kappa shape index (κ2) is 21.3. The van der Waals surface area contributed by atoms with Gasteiger partial charge < -0.3 is 37.9 Å². The molecule has 0 aliphatic carbocycles. The van der Waals surface area contributed by atoms with Crippen LogP contribution >= 0.6 is 0 Å². The third-order valence-electron chi connectivity index (χ3n) is 9.86. The quantitative estimate of drug-likeness (QED) is 0.105. The molecular formula is C39H58N4O12. The van der Waals surface area contributed by atoms with E-state index in [0.29, 0.717) is 52.2 Å². The fourth-order valence-electron chi connectivity index (χ4n) is 7.04. The van der Waals surface area contributed by atoms with E-state index >= 15 is 0 Å². The highest BCUT2D eigenvalue weighted by Crippen LogP contribution is 2.27. The highest BCUT2D eigenvalue weighted by molar-refractivity contribution is 6.12. The van der Waals surface area contributed by atoms with Crippen molar-refractivity contribution in [2.45, 2.75) is 104 Å². The van der Waals surface area contributed by atoms with Gasteiger partial charge in [-0.15, -0.1) is 0 Å².